The SMILES string of the molecule is CCCNC(=O)c1ccc(-c2ccccc2C#N)s1. The third-order valence-electron chi connectivity index (χ3n) is 2.68. The number of amides is 1. The van der Waals surface area contributed by atoms with Gasteiger partial charge in [-0.1, -0.05) is 25.1 Å². The van der Waals surface area contributed by atoms with Crippen molar-refractivity contribution >= 4 is 17.2 Å². The van der Waals surface area contributed by atoms with E-state index in [2.05, 4.69) is 11.4 Å². The Morgan fingerprint density at radius 1 is 1.32 bits per heavy atom. The molecule has 0 bridgehead atoms. The summed E-state index contributed by atoms with van der Waals surface area (Å²) < 4.78 is 0. The van der Waals surface area contributed by atoms with Crippen LogP contribution in [0.3, 0.4) is 0 Å². The molecule has 0 aliphatic rings. The molecule has 0 fully saturated rings. The van der Waals surface area contributed by atoms with Crippen LogP contribution in [-0.2, 0) is 0 Å². The van der Waals surface area contributed by atoms with Gasteiger partial charge < -0.3 is 5.32 Å². The minimum atomic E-state index is -0.0486. The quantitative estimate of drug-likeness (QED) is 0.925. The zero-order valence-electron chi connectivity index (χ0n) is 10.6. The molecule has 0 spiro atoms. The van der Waals surface area contributed by atoms with E-state index in [0.29, 0.717) is 17.0 Å². The summed E-state index contributed by atoms with van der Waals surface area (Å²) in [5, 5.41) is 11.9. The van der Waals surface area contributed by atoms with Gasteiger partial charge in [-0.3, -0.25) is 4.79 Å². The zero-order chi connectivity index (χ0) is 13.7. The van der Waals surface area contributed by atoms with Crippen LogP contribution in [0.4, 0.5) is 0 Å². The van der Waals surface area contributed by atoms with Crippen LogP contribution in [-0.4, -0.2) is 12.5 Å². The molecule has 1 heterocycles. The number of hydrogen-bond acceptors (Lipinski definition) is 3. The van der Waals surface area contributed by atoms with E-state index in [1.54, 1.807) is 12.1 Å². The Morgan fingerprint density at radius 2 is 2.11 bits per heavy atom. The van der Waals surface area contributed by atoms with Gasteiger partial charge in [-0.25, -0.2) is 0 Å². The summed E-state index contributed by atoms with van der Waals surface area (Å²) >= 11 is 1.41. The van der Waals surface area contributed by atoms with Crippen LogP contribution in [0.15, 0.2) is 36.4 Å². The molecule has 96 valence electrons. The van der Waals surface area contributed by atoms with E-state index in [-0.39, 0.29) is 5.91 Å². The van der Waals surface area contributed by atoms with E-state index in [1.165, 1.54) is 11.3 Å². The Kier molecular flexibility index (Phi) is 4.32. The Morgan fingerprint density at radius 3 is 2.84 bits per heavy atom. The lowest BCUT2D eigenvalue weighted by atomic mass is 10.1. The summed E-state index contributed by atoms with van der Waals surface area (Å²) in [6.45, 7) is 2.70. The fourth-order valence-electron chi connectivity index (χ4n) is 1.73. The summed E-state index contributed by atoms with van der Waals surface area (Å²) in [5.41, 5.74) is 1.51. The highest BCUT2D eigenvalue weighted by atomic mass is 32.1. The Bertz CT molecular complexity index is 625. The second kappa shape index (κ2) is 6.17. The van der Waals surface area contributed by atoms with Gasteiger partial charge in [0.2, 0.25) is 0 Å². The highest BCUT2D eigenvalue weighted by Gasteiger charge is 2.11. The number of nitrogens with zero attached hydrogens (tertiary/aromatic N) is 1. The highest BCUT2D eigenvalue weighted by Crippen LogP contribution is 2.30. The zero-order valence-corrected chi connectivity index (χ0v) is 11.5. The van der Waals surface area contributed by atoms with E-state index in [0.717, 1.165) is 16.9 Å². The number of rotatable bonds is 4. The third kappa shape index (κ3) is 3.01. The lowest BCUT2D eigenvalue weighted by Gasteiger charge is -2.01. The van der Waals surface area contributed by atoms with E-state index < -0.39 is 0 Å². The van der Waals surface area contributed by atoms with Gasteiger partial charge in [-0.15, -0.1) is 11.3 Å². The number of hydrogen-bond donors (Lipinski definition) is 1. The first-order chi connectivity index (χ1) is 9.26. The van der Waals surface area contributed by atoms with Crippen LogP contribution in [0, 0.1) is 11.3 Å². The van der Waals surface area contributed by atoms with E-state index in [4.69, 9.17) is 5.26 Å². The van der Waals surface area contributed by atoms with Gasteiger partial charge >= 0.3 is 0 Å². The maximum Gasteiger partial charge on any atom is 0.261 e. The van der Waals surface area contributed by atoms with E-state index in [9.17, 15) is 4.79 Å². The normalized spacial score (nSPS) is 9.89. The van der Waals surface area contributed by atoms with Gasteiger partial charge in [-0.05, 0) is 24.6 Å². The molecule has 0 aliphatic carbocycles. The topological polar surface area (TPSA) is 52.9 Å². The lowest BCUT2D eigenvalue weighted by molar-refractivity contribution is 0.0957. The van der Waals surface area contributed by atoms with E-state index in [1.807, 2.05) is 31.2 Å². The van der Waals surface area contributed by atoms with Crippen LogP contribution in [0.5, 0.6) is 0 Å². The number of nitriles is 1. The minimum Gasteiger partial charge on any atom is -0.351 e. The molecule has 1 N–H and O–H groups in total. The van der Waals surface area contributed by atoms with Crippen molar-refractivity contribution in [3.63, 3.8) is 0 Å². The summed E-state index contributed by atoms with van der Waals surface area (Å²) in [4.78, 5) is 13.5. The molecule has 4 heteroatoms. The maximum absolute atomic E-state index is 11.8. The molecule has 0 radical (unpaired) electrons. The lowest BCUT2D eigenvalue weighted by Crippen LogP contribution is -2.22. The molecule has 0 saturated heterocycles. The number of carbonyl (C=O) groups excluding carboxylic acids is 1. The monoisotopic (exact) mass is 270 g/mol. The molecule has 0 aliphatic heterocycles. The number of benzene rings is 1. The van der Waals surface area contributed by atoms with Crippen LogP contribution >= 0.6 is 11.3 Å². The van der Waals surface area contributed by atoms with Crippen LogP contribution in [0.25, 0.3) is 10.4 Å². The molecule has 3 nitrogen and oxygen atoms in total. The fourth-order valence-corrected chi connectivity index (χ4v) is 2.69. The van der Waals surface area contributed by atoms with Gasteiger partial charge in [0.05, 0.1) is 16.5 Å². The van der Waals surface area contributed by atoms with Crippen molar-refractivity contribution in [2.24, 2.45) is 0 Å². The average Bonchev–Trinajstić information content (AvgIpc) is 2.94. The molecule has 2 aromatic rings. The smallest absolute Gasteiger partial charge is 0.261 e. The first kappa shape index (κ1) is 13.3. The number of thiophene rings is 1. The van der Waals surface area contributed by atoms with Crippen molar-refractivity contribution in [1.29, 1.82) is 5.26 Å². The molecule has 0 saturated carbocycles. The van der Waals surface area contributed by atoms with Crippen LogP contribution in [0.1, 0.15) is 28.6 Å². The molecule has 1 aromatic carbocycles. The highest BCUT2D eigenvalue weighted by molar-refractivity contribution is 7.17. The standard InChI is InChI=1S/C15H14N2OS/c1-2-9-17-15(18)14-8-7-13(19-14)12-6-4-3-5-11(12)10-16/h3-8H,2,9H2,1H3,(H,17,18). The van der Waals surface area contributed by atoms with Crippen molar-refractivity contribution in [2.75, 3.05) is 6.54 Å². The predicted molar refractivity (Wildman–Crippen MR) is 77.1 cm³/mol. The Labute approximate surface area is 116 Å². The fraction of sp³-hybridized carbons (Fsp3) is 0.200. The first-order valence-electron chi connectivity index (χ1n) is 6.13. The summed E-state index contributed by atoms with van der Waals surface area (Å²) in [6, 6.07) is 13.3. The minimum absolute atomic E-state index is 0.0486. The van der Waals surface area contributed by atoms with Crippen molar-refractivity contribution in [3.05, 3.63) is 46.8 Å². The molecule has 0 atom stereocenters. The van der Waals surface area contributed by atoms with Crippen LogP contribution < -0.4 is 5.32 Å². The van der Waals surface area contributed by atoms with Crippen LogP contribution in [0.2, 0.25) is 0 Å². The average molecular weight is 270 g/mol. The number of carbonyl (C=O) groups is 1. The maximum atomic E-state index is 11.8. The molecule has 1 amide bonds. The van der Waals surface area contributed by atoms with Gasteiger partial charge in [-0.2, -0.15) is 5.26 Å². The second-order valence-electron chi connectivity index (χ2n) is 4.08. The number of nitrogens with one attached hydrogen (secondary N) is 1. The van der Waals surface area contributed by atoms with Gasteiger partial charge in [0.15, 0.2) is 0 Å². The second-order valence-corrected chi connectivity index (χ2v) is 5.16. The molecule has 19 heavy (non-hydrogen) atoms. The van der Waals surface area contributed by atoms with Crippen molar-refractivity contribution in [2.45, 2.75) is 13.3 Å². The molecule has 2 rings (SSSR count). The van der Waals surface area contributed by atoms with Gasteiger partial charge in [0, 0.05) is 17.0 Å². The van der Waals surface area contributed by atoms with E-state index >= 15 is 0 Å². The summed E-state index contributed by atoms with van der Waals surface area (Å²) in [6.07, 6.45) is 0.918. The largest absolute Gasteiger partial charge is 0.351 e. The Hall–Kier alpha value is -2.12. The third-order valence-corrected chi connectivity index (χ3v) is 3.80. The molecule has 1 aromatic heterocycles. The van der Waals surface area contributed by atoms with Crippen molar-refractivity contribution < 1.29 is 4.79 Å². The summed E-state index contributed by atoms with van der Waals surface area (Å²) in [5.74, 6) is -0.0486. The first-order valence-corrected chi connectivity index (χ1v) is 6.95. The van der Waals surface area contributed by atoms with Gasteiger partial charge in [0.25, 0.3) is 5.91 Å². The van der Waals surface area contributed by atoms with Crippen molar-refractivity contribution in [3.8, 4) is 16.5 Å². The molecular weight excluding hydrogens is 256 g/mol. The predicted octanol–water partition coefficient (Wildman–Crippen LogP) is 3.43. The van der Waals surface area contributed by atoms with Gasteiger partial charge in [0.1, 0.15) is 0 Å². The molecule has 0 unspecified atom stereocenters. The summed E-state index contributed by atoms with van der Waals surface area (Å²) in [7, 11) is 0. The molecular formula is C15H14N2OS. The van der Waals surface area contributed by atoms with Crippen molar-refractivity contribution in [1.82, 2.24) is 5.32 Å². The Balaban J connectivity index is 2.26.